The van der Waals surface area contributed by atoms with Gasteiger partial charge in [-0.05, 0) is 42.2 Å². The number of hydrogen-bond donors (Lipinski definition) is 1. The monoisotopic (exact) mass is 252 g/mol. The third-order valence-electron chi connectivity index (χ3n) is 3.46. The van der Waals surface area contributed by atoms with Gasteiger partial charge in [0.15, 0.2) is 5.78 Å². The topological polar surface area (TPSA) is 41.5 Å². The van der Waals surface area contributed by atoms with Crippen LogP contribution in [-0.2, 0) is 4.79 Å². The SMILES string of the molecule is O=C1CCCC/C1=N\Nc1ccc2ccccc2c1. The van der Waals surface area contributed by atoms with E-state index >= 15 is 0 Å². The number of nitrogens with one attached hydrogen (secondary N) is 1. The van der Waals surface area contributed by atoms with Gasteiger partial charge in [0, 0.05) is 6.42 Å². The van der Waals surface area contributed by atoms with Crippen LogP contribution in [0.25, 0.3) is 10.8 Å². The standard InChI is InChI=1S/C16H16N2O/c19-16-8-4-3-7-15(16)18-17-14-10-9-12-5-1-2-6-13(12)11-14/h1-2,5-6,9-11,17H,3-4,7-8H2/b18-15+. The van der Waals surface area contributed by atoms with Gasteiger partial charge in [0.25, 0.3) is 0 Å². The maximum atomic E-state index is 11.7. The number of benzene rings is 2. The van der Waals surface area contributed by atoms with Crippen LogP contribution in [-0.4, -0.2) is 11.5 Å². The Morgan fingerprint density at radius 1 is 0.947 bits per heavy atom. The van der Waals surface area contributed by atoms with Gasteiger partial charge in [-0.2, -0.15) is 5.10 Å². The van der Waals surface area contributed by atoms with Crippen LogP contribution in [0.2, 0.25) is 0 Å². The van der Waals surface area contributed by atoms with E-state index in [9.17, 15) is 4.79 Å². The lowest BCUT2D eigenvalue weighted by Crippen LogP contribution is -2.19. The molecule has 0 aliphatic heterocycles. The highest BCUT2D eigenvalue weighted by Crippen LogP contribution is 2.19. The van der Waals surface area contributed by atoms with E-state index in [1.165, 1.54) is 10.8 Å². The van der Waals surface area contributed by atoms with Gasteiger partial charge < -0.3 is 0 Å². The number of carbonyl (C=O) groups excluding carboxylic acids is 1. The van der Waals surface area contributed by atoms with Crippen LogP contribution in [0.3, 0.4) is 0 Å². The van der Waals surface area contributed by atoms with Gasteiger partial charge in [-0.3, -0.25) is 10.2 Å². The zero-order chi connectivity index (χ0) is 13.1. The summed E-state index contributed by atoms with van der Waals surface area (Å²) in [5.74, 6) is 0.180. The van der Waals surface area contributed by atoms with Gasteiger partial charge in [-0.25, -0.2) is 0 Å². The second kappa shape index (κ2) is 5.22. The van der Waals surface area contributed by atoms with Crippen molar-refractivity contribution in [1.82, 2.24) is 0 Å². The number of ketones is 1. The van der Waals surface area contributed by atoms with E-state index in [1.54, 1.807) is 0 Å². The molecular weight excluding hydrogens is 236 g/mol. The summed E-state index contributed by atoms with van der Waals surface area (Å²) >= 11 is 0. The van der Waals surface area contributed by atoms with Crippen LogP contribution in [0.1, 0.15) is 25.7 Å². The molecule has 1 aliphatic rings. The van der Waals surface area contributed by atoms with Crippen LogP contribution in [0.15, 0.2) is 47.6 Å². The van der Waals surface area contributed by atoms with E-state index in [1.807, 2.05) is 24.3 Å². The molecule has 1 N–H and O–H groups in total. The molecule has 1 saturated carbocycles. The summed E-state index contributed by atoms with van der Waals surface area (Å²) in [7, 11) is 0. The summed E-state index contributed by atoms with van der Waals surface area (Å²) in [6.07, 6.45) is 3.48. The average molecular weight is 252 g/mol. The predicted octanol–water partition coefficient (Wildman–Crippen LogP) is 3.75. The summed E-state index contributed by atoms with van der Waals surface area (Å²) < 4.78 is 0. The van der Waals surface area contributed by atoms with E-state index in [0.717, 1.165) is 24.9 Å². The fraction of sp³-hybridized carbons (Fsp3) is 0.250. The van der Waals surface area contributed by atoms with Crippen molar-refractivity contribution in [3.63, 3.8) is 0 Å². The van der Waals surface area contributed by atoms with E-state index < -0.39 is 0 Å². The lowest BCUT2D eigenvalue weighted by molar-refractivity contribution is -0.113. The molecule has 0 amide bonds. The Labute approximate surface area is 112 Å². The van der Waals surface area contributed by atoms with Crippen molar-refractivity contribution in [1.29, 1.82) is 0 Å². The molecule has 0 saturated heterocycles. The molecule has 19 heavy (non-hydrogen) atoms. The minimum atomic E-state index is 0.180. The van der Waals surface area contributed by atoms with Gasteiger partial charge in [-0.1, -0.05) is 30.3 Å². The lowest BCUT2D eigenvalue weighted by Gasteiger charge is -2.11. The highest BCUT2D eigenvalue weighted by molar-refractivity contribution is 6.40. The zero-order valence-corrected chi connectivity index (χ0v) is 10.7. The lowest BCUT2D eigenvalue weighted by atomic mass is 9.97. The van der Waals surface area contributed by atoms with Gasteiger partial charge in [-0.15, -0.1) is 0 Å². The van der Waals surface area contributed by atoms with Crippen molar-refractivity contribution in [3.8, 4) is 0 Å². The second-order valence-corrected chi connectivity index (χ2v) is 4.86. The molecule has 3 rings (SSSR count). The quantitative estimate of drug-likeness (QED) is 0.827. The second-order valence-electron chi connectivity index (χ2n) is 4.86. The molecule has 1 fully saturated rings. The van der Waals surface area contributed by atoms with Crippen molar-refractivity contribution in [3.05, 3.63) is 42.5 Å². The number of nitrogens with zero attached hydrogens (tertiary/aromatic N) is 1. The molecule has 0 heterocycles. The van der Waals surface area contributed by atoms with Crippen LogP contribution in [0, 0.1) is 0 Å². The molecule has 0 aromatic heterocycles. The number of anilines is 1. The van der Waals surface area contributed by atoms with E-state index in [2.05, 4.69) is 28.7 Å². The first-order chi connectivity index (χ1) is 9.33. The van der Waals surface area contributed by atoms with E-state index in [0.29, 0.717) is 12.1 Å². The van der Waals surface area contributed by atoms with Gasteiger partial charge in [0.1, 0.15) is 5.71 Å². The Bertz CT molecular complexity index is 646. The molecule has 96 valence electrons. The first-order valence-corrected chi connectivity index (χ1v) is 6.67. The molecule has 1 aliphatic carbocycles. The number of hydrogen-bond acceptors (Lipinski definition) is 3. The number of hydrazone groups is 1. The predicted molar refractivity (Wildman–Crippen MR) is 78.5 cm³/mol. The smallest absolute Gasteiger partial charge is 0.178 e. The highest BCUT2D eigenvalue weighted by Gasteiger charge is 2.16. The maximum absolute atomic E-state index is 11.7. The van der Waals surface area contributed by atoms with Gasteiger partial charge in [0.2, 0.25) is 0 Å². The number of rotatable bonds is 2. The summed E-state index contributed by atoms with van der Waals surface area (Å²) in [6, 6.07) is 14.3. The molecule has 3 nitrogen and oxygen atoms in total. The fourth-order valence-electron chi connectivity index (χ4n) is 2.37. The first kappa shape index (κ1) is 11.9. The van der Waals surface area contributed by atoms with Crippen LogP contribution >= 0.6 is 0 Å². The fourth-order valence-corrected chi connectivity index (χ4v) is 2.37. The normalized spacial score (nSPS) is 17.9. The Morgan fingerprint density at radius 2 is 1.74 bits per heavy atom. The average Bonchev–Trinajstić information content (AvgIpc) is 2.46. The van der Waals surface area contributed by atoms with E-state index in [-0.39, 0.29) is 5.78 Å². The molecule has 0 bridgehead atoms. The molecule has 0 unspecified atom stereocenters. The number of carbonyl (C=O) groups is 1. The molecule has 2 aromatic carbocycles. The minimum absolute atomic E-state index is 0.180. The van der Waals surface area contributed by atoms with Crippen LogP contribution < -0.4 is 5.43 Å². The Hall–Kier alpha value is -2.16. The maximum Gasteiger partial charge on any atom is 0.178 e. The van der Waals surface area contributed by atoms with Crippen molar-refractivity contribution in [2.45, 2.75) is 25.7 Å². The summed E-state index contributed by atoms with van der Waals surface area (Å²) in [5, 5.41) is 6.63. The summed E-state index contributed by atoms with van der Waals surface area (Å²) in [6.45, 7) is 0. The first-order valence-electron chi connectivity index (χ1n) is 6.67. The van der Waals surface area contributed by atoms with Crippen molar-refractivity contribution in [2.75, 3.05) is 5.43 Å². The molecular formula is C16H16N2O. The van der Waals surface area contributed by atoms with Gasteiger partial charge >= 0.3 is 0 Å². The zero-order valence-electron chi connectivity index (χ0n) is 10.7. The molecule has 0 spiro atoms. The van der Waals surface area contributed by atoms with Crippen LogP contribution in [0.5, 0.6) is 0 Å². The summed E-state index contributed by atoms with van der Waals surface area (Å²) in [4.78, 5) is 11.7. The van der Waals surface area contributed by atoms with Crippen LogP contribution in [0.4, 0.5) is 5.69 Å². The highest BCUT2D eigenvalue weighted by atomic mass is 16.1. The van der Waals surface area contributed by atoms with Crippen molar-refractivity contribution >= 4 is 28.0 Å². The largest absolute Gasteiger partial charge is 0.293 e. The Kier molecular flexibility index (Phi) is 3.27. The Balaban J connectivity index is 1.81. The molecule has 0 atom stereocenters. The van der Waals surface area contributed by atoms with Crippen molar-refractivity contribution < 1.29 is 4.79 Å². The van der Waals surface area contributed by atoms with Crippen molar-refractivity contribution in [2.24, 2.45) is 5.10 Å². The summed E-state index contributed by atoms with van der Waals surface area (Å²) in [5.41, 5.74) is 4.60. The molecule has 0 radical (unpaired) electrons. The molecule has 2 aromatic rings. The number of fused-ring (bicyclic) bond motifs is 1. The minimum Gasteiger partial charge on any atom is -0.293 e. The van der Waals surface area contributed by atoms with E-state index in [4.69, 9.17) is 0 Å². The third-order valence-corrected chi connectivity index (χ3v) is 3.46. The van der Waals surface area contributed by atoms with Gasteiger partial charge in [0.05, 0.1) is 5.69 Å². The molecule has 3 heteroatoms. The Morgan fingerprint density at radius 3 is 2.58 bits per heavy atom. The number of Topliss-reactive ketones (excluding diaryl/α,β-unsaturated/α-hetero) is 1. The third kappa shape index (κ3) is 2.65.